The smallest absolute Gasteiger partial charge is 0.308 e. The van der Waals surface area contributed by atoms with Crippen molar-refractivity contribution < 1.29 is 19.4 Å². The van der Waals surface area contributed by atoms with E-state index in [4.69, 9.17) is 9.84 Å². The van der Waals surface area contributed by atoms with Crippen LogP contribution in [0.25, 0.3) is 0 Å². The number of carbonyl (C=O) groups excluding carboxylic acids is 1. The maximum Gasteiger partial charge on any atom is 0.308 e. The van der Waals surface area contributed by atoms with E-state index in [1.807, 2.05) is 6.07 Å². The molecule has 5 nitrogen and oxygen atoms in total. The zero-order valence-electron chi connectivity index (χ0n) is 11.0. The largest absolute Gasteiger partial charge is 0.481 e. The summed E-state index contributed by atoms with van der Waals surface area (Å²) >= 11 is 1.49. The molecule has 0 aliphatic carbocycles. The molecular weight excluding hydrogens is 266 g/mol. The molecule has 104 valence electrons. The van der Waals surface area contributed by atoms with Crippen molar-refractivity contribution in [3.63, 3.8) is 0 Å². The number of ether oxygens (including phenoxy) is 1. The summed E-state index contributed by atoms with van der Waals surface area (Å²) < 4.78 is 5.35. The lowest BCUT2D eigenvalue weighted by Gasteiger charge is -2.18. The van der Waals surface area contributed by atoms with Gasteiger partial charge in [-0.05, 0) is 11.6 Å². The van der Waals surface area contributed by atoms with E-state index in [0.717, 1.165) is 12.0 Å². The second-order valence-corrected chi connectivity index (χ2v) is 5.92. The molecule has 1 aromatic rings. The summed E-state index contributed by atoms with van der Waals surface area (Å²) in [6.45, 7) is 3.08. The van der Waals surface area contributed by atoms with Gasteiger partial charge in [0.15, 0.2) is 0 Å². The molecule has 19 heavy (non-hydrogen) atoms. The van der Waals surface area contributed by atoms with Crippen LogP contribution in [0, 0.1) is 5.92 Å². The van der Waals surface area contributed by atoms with E-state index in [1.165, 1.54) is 21.1 Å². The van der Waals surface area contributed by atoms with Crippen molar-refractivity contribution in [3.05, 3.63) is 21.4 Å². The van der Waals surface area contributed by atoms with Crippen molar-refractivity contribution in [1.82, 2.24) is 4.90 Å². The van der Waals surface area contributed by atoms with Crippen molar-refractivity contribution in [1.29, 1.82) is 0 Å². The molecule has 1 aliphatic rings. The van der Waals surface area contributed by atoms with Crippen LogP contribution in [0.2, 0.25) is 0 Å². The van der Waals surface area contributed by atoms with Crippen LogP contribution in [0.15, 0.2) is 6.07 Å². The standard InChI is InChI=1S/C13H17NO4S/c1-8(13(16)17)6-14(2)12(15)11-5-9-7-18-4-3-10(9)19-11/h5,8H,3-4,6-7H2,1-2H3,(H,16,17). The lowest BCUT2D eigenvalue weighted by atomic mass is 10.1. The average molecular weight is 283 g/mol. The third-order valence-electron chi connectivity index (χ3n) is 3.15. The lowest BCUT2D eigenvalue weighted by Crippen LogP contribution is -2.33. The molecule has 0 saturated carbocycles. The fourth-order valence-corrected chi connectivity index (χ4v) is 3.16. The van der Waals surface area contributed by atoms with E-state index in [9.17, 15) is 9.59 Å². The quantitative estimate of drug-likeness (QED) is 0.911. The van der Waals surface area contributed by atoms with Gasteiger partial charge in [-0.2, -0.15) is 0 Å². The van der Waals surface area contributed by atoms with Crippen LogP contribution >= 0.6 is 11.3 Å². The van der Waals surface area contributed by atoms with E-state index in [2.05, 4.69) is 0 Å². The zero-order valence-corrected chi connectivity index (χ0v) is 11.8. The lowest BCUT2D eigenvalue weighted by molar-refractivity contribution is -0.141. The fraction of sp³-hybridized carbons (Fsp3) is 0.538. The minimum atomic E-state index is -0.890. The number of amides is 1. The molecule has 2 heterocycles. The molecule has 1 aromatic heterocycles. The van der Waals surface area contributed by atoms with Gasteiger partial charge in [-0.25, -0.2) is 0 Å². The third-order valence-corrected chi connectivity index (χ3v) is 4.38. The summed E-state index contributed by atoms with van der Waals surface area (Å²) in [5.41, 5.74) is 1.08. The maximum atomic E-state index is 12.2. The highest BCUT2D eigenvalue weighted by atomic mass is 32.1. The minimum Gasteiger partial charge on any atom is -0.481 e. The van der Waals surface area contributed by atoms with E-state index in [-0.39, 0.29) is 12.5 Å². The molecule has 0 fully saturated rings. The Kier molecular flexibility index (Phi) is 4.21. The first-order chi connectivity index (χ1) is 8.99. The number of carbonyl (C=O) groups is 2. The maximum absolute atomic E-state index is 12.2. The Labute approximate surface area is 115 Å². The number of thiophene rings is 1. The Hall–Kier alpha value is -1.40. The fourth-order valence-electron chi connectivity index (χ4n) is 2.01. The van der Waals surface area contributed by atoms with Crippen molar-refractivity contribution in [3.8, 4) is 0 Å². The number of hydrogen-bond acceptors (Lipinski definition) is 4. The summed E-state index contributed by atoms with van der Waals surface area (Å²) in [7, 11) is 1.64. The predicted octanol–water partition coefficient (Wildman–Crippen LogP) is 1.61. The summed E-state index contributed by atoms with van der Waals surface area (Å²) in [6, 6.07) is 1.86. The minimum absolute atomic E-state index is 0.118. The first kappa shape index (κ1) is 14.0. The number of fused-ring (bicyclic) bond motifs is 1. The van der Waals surface area contributed by atoms with Gasteiger partial charge in [-0.15, -0.1) is 11.3 Å². The summed E-state index contributed by atoms with van der Waals surface area (Å²) in [6.07, 6.45) is 0.850. The SMILES string of the molecule is CC(CN(C)C(=O)c1cc2c(s1)CCOC2)C(=O)O. The third kappa shape index (κ3) is 3.13. The van der Waals surface area contributed by atoms with E-state index < -0.39 is 11.9 Å². The molecule has 1 N–H and O–H groups in total. The molecule has 2 rings (SSSR count). The Morgan fingerprint density at radius 1 is 1.58 bits per heavy atom. The first-order valence-corrected chi connectivity index (χ1v) is 6.98. The topological polar surface area (TPSA) is 66.8 Å². The van der Waals surface area contributed by atoms with Crippen LogP contribution in [-0.2, 0) is 22.6 Å². The molecule has 1 atom stereocenters. The van der Waals surface area contributed by atoms with Crippen LogP contribution in [0.3, 0.4) is 0 Å². The highest BCUT2D eigenvalue weighted by Gasteiger charge is 2.22. The van der Waals surface area contributed by atoms with Gasteiger partial charge >= 0.3 is 5.97 Å². The van der Waals surface area contributed by atoms with Crippen molar-refractivity contribution in [2.75, 3.05) is 20.2 Å². The average Bonchev–Trinajstić information content (AvgIpc) is 2.81. The molecular formula is C13H17NO4S. The number of aliphatic carboxylic acids is 1. The Morgan fingerprint density at radius 2 is 2.32 bits per heavy atom. The molecule has 0 radical (unpaired) electrons. The van der Waals surface area contributed by atoms with Gasteiger partial charge < -0.3 is 14.7 Å². The first-order valence-electron chi connectivity index (χ1n) is 6.16. The Morgan fingerprint density at radius 3 is 2.95 bits per heavy atom. The van der Waals surface area contributed by atoms with Crippen molar-refractivity contribution in [2.24, 2.45) is 5.92 Å². The normalized spacial score (nSPS) is 15.7. The van der Waals surface area contributed by atoms with Gasteiger partial charge in [0.05, 0.1) is 24.0 Å². The number of carboxylic acid groups (broad SMARTS) is 1. The van der Waals surface area contributed by atoms with Gasteiger partial charge in [0.25, 0.3) is 5.91 Å². The second kappa shape index (κ2) is 5.71. The van der Waals surface area contributed by atoms with E-state index >= 15 is 0 Å². The molecule has 0 aromatic carbocycles. The van der Waals surface area contributed by atoms with Gasteiger partial charge in [0.2, 0.25) is 0 Å². The van der Waals surface area contributed by atoms with Gasteiger partial charge in [0.1, 0.15) is 0 Å². The van der Waals surface area contributed by atoms with Crippen LogP contribution < -0.4 is 0 Å². The van der Waals surface area contributed by atoms with Crippen LogP contribution in [0.1, 0.15) is 27.0 Å². The van der Waals surface area contributed by atoms with Crippen molar-refractivity contribution >= 4 is 23.2 Å². The van der Waals surface area contributed by atoms with Gasteiger partial charge in [-0.1, -0.05) is 6.92 Å². The van der Waals surface area contributed by atoms with Crippen LogP contribution in [-0.4, -0.2) is 42.1 Å². The molecule has 1 aliphatic heterocycles. The molecule has 6 heteroatoms. The van der Waals surface area contributed by atoms with Crippen molar-refractivity contribution in [2.45, 2.75) is 20.0 Å². The number of hydrogen-bond donors (Lipinski definition) is 1. The number of nitrogens with zero attached hydrogens (tertiary/aromatic N) is 1. The molecule has 0 saturated heterocycles. The monoisotopic (exact) mass is 283 g/mol. The molecule has 0 bridgehead atoms. The highest BCUT2D eigenvalue weighted by Crippen LogP contribution is 2.27. The predicted molar refractivity (Wildman–Crippen MR) is 71.4 cm³/mol. The molecule has 0 spiro atoms. The highest BCUT2D eigenvalue weighted by molar-refractivity contribution is 7.14. The Bertz CT molecular complexity index is 473. The van der Waals surface area contributed by atoms with Gasteiger partial charge in [0, 0.05) is 24.9 Å². The molecule has 1 amide bonds. The summed E-state index contributed by atoms with van der Waals surface area (Å²) in [5.74, 6) is -1.57. The zero-order chi connectivity index (χ0) is 14.0. The number of carboxylic acids is 1. The Balaban J connectivity index is 2.06. The van der Waals surface area contributed by atoms with Crippen LogP contribution in [0.4, 0.5) is 0 Å². The molecule has 1 unspecified atom stereocenters. The van der Waals surface area contributed by atoms with Crippen LogP contribution in [0.5, 0.6) is 0 Å². The second-order valence-electron chi connectivity index (χ2n) is 4.79. The summed E-state index contributed by atoms with van der Waals surface area (Å²) in [4.78, 5) is 26.4. The number of rotatable bonds is 4. The van der Waals surface area contributed by atoms with E-state index in [1.54, 1.807) is 14.0 Å². The summed E-state index contributed by atoms with van der Waals surface area (Å²) in [5, 5.41) is 8.86. The van der Waals surface area contributed by atoms with E-state index in [0.29, 0.717) is 18.1 Å². The van der Waals surface area contributed by atoms with Gasteiger partial charge in [-0.3, -0.25) is 9.59 Å².